The van der Waals surface area contributed by atoms with Crippen LogP contribution in [-0.2, 0) is 9.53 Å². The second-order valence-corrected chi connectivity index (χ2v) is 7.61. The van der Waals surface area contributed by atoms with Crippen molar-refractivity contribution in [3.8, 4) is 11.4 Å². The van der Waals surface area contributed by atoms with E-state index in [1.54, 1.807) is 30.6 Å². The van der Waals surface area contributed by atoms with Gasteiger partial charge in [-0.05, 0) is 56.3 Å². The summed E-state index contributed by atoms with van der Waals surface area (Å²) in [7, 11) is 1.36. The molecule has 1 amide bonds. The molecule has 0 saturated carbocycles. The van der Waals surface area contributed by atoms with Crippen LogP contribution in [0.2, 0.25) is 0 Å². The van der Waals surface area contributed by atoms with E-state index < -0.39 is 0 Å². The summed E-state index contributed by atoms with van der Waals surface area (Å²) in [5.74, 6) is -0.216. The fourth-order valence-corrected chi connectivity index (χ4v) is 3.72. The molecule has 0 unspecified atom stereocenters. The van der Waals surface area contributed by atoms with Crippen molar-refractivity contribution in [3.63, 3.8) is 0 Å². The number of carbonyl (C=O) groups excluding carboxylic acids is 2. The Morgan fingerprint density at radius 1 is 1.09 bits per heavy atom. The van der Waals surface area contributed by atoms with Crippen LogP contribution in [0.3, 0.4) is 0 Å². The average Bonchev–Trinajstić information content (AvgIpc) is 3.14. The molecular weight excluding hydrogens is 432 g/mol. The molecular formula is C26H24N4O4. The van der Waals surface area contributed by atoms with Crippen molar-refractivity contribution in [2.24, 2.45) is 5.10 Å². The van der Waals surface area contributed by atoms with Crippen LogP contribution < -0.4 is 10.2 Å². The van der Waals surface area contributed by atoms with E-state index in [0.29, 0.717) is 16.8 Å². The van der Waals surface area contributed by atoms with Gasteiger partial charge >= 0.3 is 5.97 Å². The third kappa shape index (κ3) is 4.80. The highest BCUT2D eigenvalue weighted by atomic mass is 16.5. The number of para-hydroxylation sites is 1. The lowest BCUT2D eigenvalue weighted by molar-refractivity contribution is -0.123. The van der Waals surface area contributed by atoms with Gasteiger partial charge in [-0.15, -0.1) is 0 Å². The monoisotopic (exact) mass is 456 g/mol. The lowest BCUT2D eigenvalue weighted by Gasteiger charge is -2.10. The first-order chi connectivity index (χ1) is 16.5. The number of aromatic nitrogens is 2. The number of aryl methyl sites for hydroxylation is 1. The highest BCUT2D eigenvalue weighted by Gasteiger charge is 2.11. The van der Waals surface area contributed by atoms with Crippen molar-refractivity contribution in [3.05, 3.63) is 89.4 Å². The molecule has 0 aliphatic heterocycles. The van der Waals surface area contributed by atoms with Gasteiger partial charge in [0.25, 0.3) is 5.91 Å². The van der Waals surface area contributed by atoms with Crippen LogP contribution in [0.25, 0.3) is 16.6 Å². The van der Waals surface area contributed by atoms with Gasteiger partial charge in [-0.25, -0.2) is 10.2 Å². The smallest absolute Gasteiger partial charge is 0.337 e. The summed E-state index contributed by atoms with van der Waals surface area (Å²) in [6.45, 7) is 3.75. The Kier molecular flexibility index (Phi) is 6.68. The van der Waals surface area contributed by atoms with Gasteiger partial charge in [-0.3, -0.25) is 9.78 Å². The number of amides is 1. The minimum absolute atomic E-state index is 0.182. The Hall–Kier alpha value is -4.46. The maximum Gasteiger partial charge on any atom is 0.337 e. The predicted molar refractivity (Wildman–Crippen MR) is 130 cm³/mol. The first kappa shape index (κ1) is 22.7. The van der Waals surface area contributed by atoms with Crippen LogP contribution in [0, 0.1) is 13.8 Å². The number of methoxy groups -OCH3 is 1. The summed E-state index contributed by atoms with van der Waals surface area (Å²) >= 11 is 0. The van der Waals surface area contributed by atoms with Crippen LogP contribution in [0.15, 0.2) is 72.0 Å². The molecule has 2 heterocycles. The number of rotatable bonds is 7. The zero-order valence-corrected chi connectivity index (χ0v) is 19.1. The van der Waals surface area contributed by atoms with E-state index in [0.717, 1.165) is 28.0 Å². The summed E-state index contributed by atoms with van der Waals surface area (Å²) in [6, 6.07) is 18.5. The van der Waals surface area contributed by atoms with Gasteiger partial charge in [0.15, 0.2) is 6.61 Å². The summed E-state index contributed by atoms with van der Waals surface area (Å²) in [6.07, 6.45) is 3.28. The molecule has 0 fully saturated rings. The zero-order chi connectivity index (χ0) is 24.1. The zero-order valence-electron chi connectivity index (χ0n) is 19.1. The second kappa shape index (κ2) is 9.99. The summed E-state index contributed by atoms with van der Waals surface area (Å²) < 4.78 is 12.4. The molecule has 4 aromatic rings. The largest absolute Gasteiger partial charge is 0.481 e. The highest BCUT2D eigenvalue weighted by molar-refractivity contribution is 5.89. The molecule has 0 spiro atoms. The number of pyridine rings is 1. The van der Waals surface area contributed by atoms with Gasteiger partial charge in [0.05, 0.1) is 18.9 Å². The van der Waals surface area contributed by atoms with Gasteiger partial charge in [0.1, 0.15) is 11.3 Å². The third-order valence-electron chi connectivity index (χ3n) is 5.36. The lowest BCUT2D eigenvalue weighted by Crippen LogP contribution is -2.24. The number of nitrogens with one attached hydrogen (secondary N) is 1. The standard InChI is InChI=1S/C26H24N4O4/c1-17-14-21(18(2)30(17)22-11-9-20(10-12-22)26(32)33-3)15-28-29-24(31)16-34-23-8-4-6-19-7-5-13-27-25(19)23/h4-15H,16H2,1-3H3,(H,29,31)/b28-15-. The molecule has 0 aliphatic rings. The van der Waals surface area contributed by atoms with Crippen molar-refractivity contribution < 1.29 is 19.1 Å². The molecule has 34 heavy (non-hydrogen) atoms. The summed E-state index contributed by atoms with van der Waals surface area (Å²) in [4.78, 5) is 28.2. The minimum Gasteiger partial charge on any atom is -0.481 e. The molecule has 0 bridgehead atoms. The van der Waals surface area contributed by atoms with E-state index in [-0.39, 0.29) is 18.5 Å². The van der Waals surface area contributed by atoms with Gasteiger partial charge in [0, 0.05) is 34.2 Å². The number of esters is 1. The molecule has 2 aromatic heterocycles. The Labute approximate surface area is 196 Å². The van der Waals surface area contributed by atoms with Crippen molar-refractivity contribution in [2.75, 3.05) is 13.7 Å². The Bertz CT molecular complexity index is 1370. The third-order valence-corrected chi connectivity index (χ3v) is 5.36. The quantitative estimate of drug-likeness (QED) is 0.258. The molecule has 8 heteroatoms. The van der Waals surface area contributed by atoms with E-state index >= 15 is 0 Å². The van der Waals surface area contributed by atoms with Crippen molar-refractivity contribution >= 4 is 29.0 Å². The van der Waals surface area contributed by atoms with Crippen molar-refractivity contribution in [1.82, 2.24) is 15.0 Å². The maximum absolute atomic E-state index is 12.2. The number of fused-ring (bicyclic) bond motifs is 1. The number of benzene rings is 2. The molecule has 2 aromatic carbocycles. The molecule has 0 saturated heterocycles. The molecule has 0 atom stereocenters. The van der Waals surface area contributed by atoms with Gasteiger partial charge in [-0.1, -0.05) is 18.2 Å². The van der Waals surface area contributed by atoms with Crippen LogP contribution in [0.1, 0.15) is 27.3 Å². The topological polar surface area (TPSA) is 94.8 Å². The average molecular weight is 457 g/mol. The maximum atomic E-state index is 12.2. The van der Waals surface area contributed by atoms with E-state index in [2.05, 4.69) is 15.5 Å². The number of nitrogens with zero attached hydrogens (tertiary/aromatic N) is 3. The summed E-state index contributed by atoms with van der Waals surface area (Å²) in [5, 5.41) is 5.02. The van der Waals surface area contributed by atoms with Crippen molar-refractivity contribution in [1.29, 1.82) is 0 Å². The lowest BCUT2D eigenvalue weighted by atomic mass is 10.2. The number of ether oxygens (including phenoxy) is 2. The fraction of sp³-hybridized carbons (Fsp3) is 0.154. The van der Waals surface area contributed by atoms with Gasteiger partial charge in [-0.2, -0.15) is 5.10 Å². The molecule has 8 nitrogen and oxygen atoms in total. The number of hydrogen-bond donors (Lipinski definition) is 1. The Morgan fingerprint density at radius 2 is 1.85 bits per heavy atom. The number of carbonyl (C=O) groups is 2. The normalized spacial score (nSPS) is 11.0. The van der Waals surface area contributed by atoms with Crippen LogP contribution >= 0.6 is 0 Å². The molecule has 4 rings (SSSR count). The minimum atomic E-state index is -0.378. The molecule has 1 N–H and O–H groups in total. The fourth-order valence-electron chi connectivity index (χ4n) is 3.72. The summed E-state index contributed by atoms with van der Waals surface area (Å²) in [5.41, 5.74) is 7.38. The molecule has 172 valence electrons. The molecule has 0 radical (unpaired) electrons. The van der Waals surface area contributed by atoms with Crippen molar-refractivity contribution in [2.45, 2.75) is 13.8 Å². The molecule has 0 aliphatic carbocycles. The van der Waals surface area contributed by atoms with Gasteiger partial charge in [0.2, 0.25) is 0 Å². The van der Waals surface area contributed by atoms with E-state index in [1.807, 2.05) is 60.9 Å². The SMILES string of the molecule is COC(=O)c1ccc(-n2c(C)cc(/C=N\NC(=O)COc3cccc4cccnc34)c2C)cc1. The Balaban J connectivity index is 1.40. The Morgan fingerprint density at radius 3 is 2.62 bits per heavy atom. The van der Waals surface area contributed by atoms with Crippen LogP contribution in [-0.4, -0.2) is 41.4 Å². The number of hydrazone groups is 1. The van der Waals surface area contributed by atoms with E-state index in [9.17, 15) is 9.59 Å². The first-order valence-electron chi connectivity index (χ1n) is 10.6. The second-order valence-electron chi connectivity index (χ2n) is 7.61. The van der Waals surface area contributed by atoms with Gasteiger partial charge < -0.3 is 14.0 Å². The van der Waals surface area contributed by atoms with E-state index in [4.69, 9.17) is 9.47 Å². The van der Waals surface area contributed by atoms with Crippen LogP contribution in [0.5, 0.6) is 5.75 Å². The first-order valence-corrected chi connectivity index (χ1v) is 10.6. The highest BCUT2D eigenvalue weighted by Crippen LogP contribution is 2.23. The van der Waals surface area contributed by atoms with E-state index in [1.165, 1.54) is 7.11 Å². The predicted octanol–water partition coefficient (Wildman–Crippen LogP) is 3.96. The number of hydrogen-bond acceptors (Lipinski definition) is 6. The van der Waals surface area contributed by atoms with Crippen LogP contribution in [0.4, 0.5) is 0 Å².